The zero-order chi connectivity index (χ0) is 38.2. The van der Waals surface area contributed by atoms with E-state index in [9.17, 15) is 0 Å². The predicted molar refractivity (Wildman–Crippen MR) is 248 cm³/mol. The minimum absolute atomic E-state index is 1.11. The number of hydrogen-bond acceptors (Lipinski definition) is 2. The number of para-hydroxylation sites is 3. The van der Waals surface area contributed by atoms with Gasteiger partial charge in [-0.25, -0.2) is 0 Å². The molecule has 0 saturated carbocycles. The monoisotopic (exact) mass is 757 g/mol. The van der Waals surface area contributed by atoms with Crippen LogP contribution in [0.25, 0.3) is 86.3 Å². The quantitative estimate of drug-likeness (QED) is 0.165. The van der Waals surface area contributed by atoms with Gasteiger partial charge >= 0.3 is 0 Å². The second-order valence-electron chi connectivity index (χ2n) is 14.9. The van der Waals surface area contributed by atoms with Gasteiger partial charge in [0.25, 0.3) is 0 Å². The smallest absolute Gasteiger partial charge is 0.131 e. The zero-order valence-electron chi connectivity index (χ0n) is 31.5. The van der Waals surface area contributed by atoms with Gasteiger partial charge in [0.2, 0.25) is 0 Å². The first-order valence-corrected chi connectivity index (χ1v) is 20.6. The average Bonchev–Trinajstić information content (AvgIpc) is 3.95. The van der Waals surface area contributed by atoms with Crippen molar-refractivity contribution in [3.05, 3.63) is 212 Å². The van der Waals surface area contributed by atoms with Crippen LogP contribution in [0.2, 0.25) is 0 Å². The predicted octanol–water partition coefficient (Wildman–Crippen LogP) is 15.4. The van der Waals surface area contributed by atoms with Crippen LogP contribution < -0.4 is 4.90 Å². The molecule has 0 fully saturated rings. The van der Waals surface area contributed by atoms with E-state index in [1.807, 2.05) is 11.3 Å². The summed E-state index contributed by atoms with van der Waals surface area (Å²) in [5.41, 5.74) is 11.6. The third-order valence-corrected chi connectivity index (χ3v) is 12.9. The summed E-state index contributed by atoms with van der Waals surface area (Å²) in [4.78, 5) is 2.46. The summed E-state index contributed by atoms with van der Waals surface area (Å²) in [7, 11) is 0. The maximum atomic E-state index is 2.46. The summed E-state index contributed by atoms with van der Waals surface area (Å²) < 4.78 is 7.44. The lowest BCUT2D eigenvalue weighted by Gasteiger charge is -2.26. The molecule has 3 aromatic heterocycles. The van der Waals surface area contributed by atoms with Crippen molar-refractivity contribution in [2.75, 3.05) is 4.90 Å². The number of rotatable bonds is 6. The Bertz CT molecular complexity index is 3500. The highest BCUT2D eigenvalue weighted by atomic mass is 32.1. The minimum Gasteiger partial charge on any atom is -0.309 e. The molecule has 12 rings (SSSR count). The van der Waals surface area contributed by atoms with Crippen molar-refractivity contribution in [3.63, 3.8) is 0 Å². The largest absolute Gasteiger partial charge is 0.309 e. The topological polar surface area (TPSA) is 13.1 Å². The number of aromatic nitrogens is 2. The number of benzene rings is 9. The summed E-state index contributed by atoms with van der Waals surface area (Å²) in [6, 6.07) is 77.4. The van der Waals surface area contributed by atoms with E-state index in [2.05, 4.69) is 226 Å². The summed E-state index contributed by atoms with van der Waals surface area (Å²) in [6.45, 7) is 0. The Hall–Kier alpha value is -7.40. The van der Waals surface area contributed by atoms with E-state index in [1.54, 1.807) is 0 Å². The van der Waals surface area contributed by atoms with Gasteiger partial charge in [-0.05, 0) is 94.7 Å². The van der Waals surface area contributed by atoms with Gasteiger partial charge in [-0.15, -0.1) is 11.3 Å². The molecule has 0 aliphatic heterocycles. The minimum atomic E-state index is 1.11. The molecule has 58 heavy (non-hydrogen) atoms. The fourth-order valence-corrected chi connectivity index (χ4v) is 10.4. The molecule has 0 atom stereocenters. The molecular weight excluding hydrogens is 723 g/mol. The summed E-state index contributed by atoms with van der Waals surface area (Å²) in [5.74, 6) is 0. The van der Waals surface area contributed by atoms with Gasteiger partial charge in [0.15, 0.2) is 0 Å². The molecule has 0 aliphatic carbocycles. The van der Waals surface area contributed by atoms with Crippen molar-refractivity contribution in [2.45, 2.75) is 0 Å². The first-order chi connectivity index (χ1) is 28.8. The van der Waals surface area contributed by atoms with E-state index in [-0.39, 0.29) is 0 Å². The molecule has 0 amide bonds. The Morgan fingerprint density at radius 1 is 0.397 bits per heavy atom. The first kappa shape index (κ1) is 32.8. The van der Waals surface area contributed by atoms with Crippen molar-refractivity contribution in [1.82, 2.24) is 9.13 Å². The third kappa shape index (κ3) is 4.99. The number of hydrogen-bond donors (Lipinski definition) is 0. The van der Waals surface area contributed by atoms with Gasteiger partial charge in [-0.1, -0.05) is 140 Å². The van der Waals surface area contributed by atoms with Crippen molar-refractivity contribution in [2.24, 2.45) is 0 Å². The molecule has 0 radical (unpaired) electrons. The maximum absolute atomic E-state index is 2.46. The molecule has 3 nitrogen and oxygen atoms in total. The lowest BCUT2D eigenvalue weighted by molar-refractivity contribution is 1.07. The lowest BCUT2D eigenvalue weighted by Crippen LogP contribution is -2.10. The van der Waals surface area contributed by atoms with Crippen LogP contribution in [0, 0.1) is 0 Å². The van der Waals surface area contributed by atoms with Crippen LogP contribution in [0.4, 0.5) is 17.1 Å². The number of thiophene rings is 1. The third-order valence-electron chi connectivity index (χ3n) is 11.7. The molecule has 0 spiro atoms. The van der Waals surface area contributed by atoms with Gasteiger partial charge in [-0.3, -0.25) is 9.13 Å². The Morgan fingerprint density at radius 2 is 0.983 bits per heavy atom. The Labute approximate surface area is 339 Å². The van der Waals surface area contributed by atoms with E-state index < -0.39 is 0 Å². The molecule has 4 heteroatoms. The summed E-state index contributed by atoms with van der Waals surface area (Å²) >= 11 is 1.87. The van der Waals surface area contributed by atoms with E-state index in [1.165, 1.54) is 75.0 Å². The lowest BCUT2D eigenvalue weighted by atomic mass is 9.98. The second-order valence-corrected chi connectivity index (χ2v) is 16.0. The van der Waals surface area contributed by atoms with Crippen LogP contribution in [-0.4, -0.2) is 9.13 Å². The van der Waals surface area contributed by atoms with E-state index >= 15 is 0 Å². The highest BCUT2D eigenvalue weighted by Crippen LogP contribution is 2.48. The van der Waals surface area contributed by atoms with Crippen molar-refractivity contribution < 1.29 is 0 Å². The standard InChI is InChI=1S/C54H35N3S/c1-3-17-38(18-4-1)56-48-26-11-9-23-46(48)52-47-35-41(33-34-49(47)57(54(52)56)39-19-5-2-6-20-39)55(50-27-14-25-45-44-22-10-12-28-51(44)58-53(45)50)40-31-29-37(30-32-40)43-24-13-16-36-15-7-8-21-42(36)43/h1-35H. The molecule has 9 aromatic carbocycles. The Morgan fingerprint density at radius 3 is 1.76 bits per heavy atom. The molecule has 0 N–H and O–H groups in total. The molecule has 3 heterocycles. The number of anilines is 3. The second kappa shape index (κ2) is 13.1. The van der Waals surface area contributed by atoms with Gasteiger partial charge in [0.05, 0.1) is 21.4 Å². The van der Waals surface area contributed by atoms with Gasteiger partial charge in [0, 0.05) is 54.4 Å². The fourth-order valence-electron chi connectivity index (χ4n) is 9.16. The molecule has 0 aliphatic rings. The van der Waals surface area contributed by atoms with Gasteiger partial charge in [-0.2, -0.15) is 0 Å². The zero-order valence-corrected chi connectivity index (χ0v) is 32.3. The molecule has 0 saturated heterocycles. The highest BCUT2D eigenvalue weighted by Gasteiger charge is 2.24. The number of nitrogens with zero attached hydrogens (tertiary/aromatic N) is 3. The summed E-state index contributed by atoms with van der Waals surface area (Å²) in [6.07, 6.45) is 0. The molecule has 12 aromatic rings. The van der Waals surface area contributed by atoms with Crippen molar-refractivity contribution >= 4 is 92.2 Å². The molecule has 0 bridgehead atoms. The molecule has 0 unspecified atom stereocenters. The van der Waals surface area contributed by atoms with Crippen LogP contribution in [0.15, 0.2) is 212 Å². The first-order valence-electron chi connectivity index (χ1n) is 19.8. The van der Waals surface area contributed by atoms with Gasteiger partial charge < -0.3 is 4.90 Å². The van der Waals surface area contributed by atoms with E-state index in [4.69, 9.17) is 0 Å². The Kier molecular flexibility index (Phi) is 7.40. The molecular formula is C54H35N3S. The van der Waals surface area contributed by atoms with Crippen molar-refractivity contribution in [1.29, 1.82) is 0 Å². The van der Waals surface area contributed by atoms with Crippen LogP contribution in [0.5, 0.6) is 0 Å². The van der Waals surface area contributed by atoms with Crippen LogP contribution in [0.1, 0.15) is 0 Å². The van der Waals surface area contributed by atoms with Crippen LogP contribution >= 0.6 is 11.3 Å². The number of fused-ring (bicyclic) bond motifs is 9. The van der Waals surface area contributed by atoms with E-state index in [0.717, 1.165) is 28.4 Å². The van der Waals surface area contributed by atoms with Gasteiger partial charge in [0.1, 0.15) is 5.65 Å². The SMILES string of the molecule is c1ccc(-n2c3ccccc3c3c4cc(N(c5ccc(-c6cccc7ccccc67)cc5)c5cccc6c5sc5ccccc56)ccc4n(-c4ccccc4)c32)cc1. The highest BCUT2D eigenvalue weighted by molar-refractivity contribution is 7.26. The summed E-state index contributed by atoms with van der Waals surface area (Å²) in [5, 5.41) is 8.77. The van der Waals surface area contributed by atoms with Crippen molar-refractivity contribution in [3.8, 4) is 22.5 Å². The van der Waals surface area contributed by atoms with E-state index in [0.29, 0.717) is 0 Å². The molecule has 272 valence electrons. The Balaban J connectivity index is 1.14. The van der Waals surface area contributed by atoms with Crippen LogP contribution in [0.3, 0.4) is 0 Å². The van der Waals surface area contributed by atoms with Crippen LogP contribution in [-0.2, 0) is 0 Å². The normalized spacial score (nSPS) is 11.8. The average molecular weight is 758 g/mol. The maximum Gasteiger partial charge on any atom is 0.131 e. The fraction of sp³-hybridized carbons (Fsp3) is 0.